The van der Waals surface area contributed by atoms with Gasteiger partial charge in [-0.25, -0.2) is 0 Å². The standard InChI is InChI=1S/C16H20ClN5O2/c1-20-5-6-22(16(23)12-7-11(17)8-21(12)2)9-13(20)15-18-14(19-24-15)10-3-4-10/h7-8,10,13H,3-6,9H2,1-2H3/t13-/m1/s1. The first kappa shape index (κ1) is 15.7. The first-order chi connectivity index (χ1) is 11.5. The van der Waals surface area contributed by atoms with Gasteiger partial charge in [-0.15, -0.1) is 0 Å². The minimum absolute atomic E-state index is 0.0237. The number of halogens is 1. The van der Waals surface area contributed by atoms with Gasteiger partial charge in [0.2, 0.25) is 5.89 Å². The van der Waals surface area contributed by atoms with Crippen molar-refractivity contribution in [2.45, 2.75) is 24.8 Å². The first-order valence-corrected chi connectivity index (χ1v) is 8.55. The number of aryl methyl sites for hydroxylation is 1. The summed E-state index contributed by atoms with van der Waals surface area (Å²) in [7, 11) is 3.85. The third-order valence-electron chi connectivity index (χ3n) is 4.81. The summed E-state index contributed by atoms with van der Waals surface area (Å²) >= 11 is 6.00. The van der Waals surface area contributed by atoms with Crippen molar-refractivity contribution in [2.75, 3.05) is 26.7 Å². The second-order valence-corrected chi connectivity index (χ2v) is 7.10. The highest BCUT2D eigenvalue weighted by Gasteiger charge is 2.35. The molecule has 2 aromatic heterocycles. The lowest BCUT2D eigenvalue weighted by Crippen LogP contribution is -2.49. The topological polar surface area (TPSA) is 67.4 Å². The zero-order chi connectivity index (χ0) is 16.8. The molecule has 8 heteroatoms. The minimum atomic E-state index is -0.0709. The monoisotopic (exact) mass is 349 g/mol. The number of rotatable bonds is 3. The van der Waals surface area contributed by atoms with Gasteiger partial charge in [-0.05, 0) is 26.0 Å². The zero-order valence-electron chi connectivity index (χ0n) is 13.8. The Bertz CT molecular complexity index is 766. The Morgan fingerprint density at radius 2 is 2.12 bits per heavy atom. The average molecular weight is 350 g/mol. The molecule has 0 bridgehead atoms. The summed E-state index contributed by atoms with van der Waals surface area (Å²) in [4.78, 5) is 21.3. The van der Waals surface area contributed by atoms with Gasteiger partial charge >= 0.3 is 0 Å². The van der Waals surface area contributed by atoms with Gasteiger partial charge in [0, 0.05) is 38.8 Å². The predicted molar refractivity (Wildman–Crippen MR) is 88.0 cm³/mol. The van der Waals surface area contributed by atoms with Crippen molar-refractivity contribution in [1.29, 1.82) is 0 Å². The number of piperazine rings is 1. The number of aromatic nitrogens is 3. The average Bonchev–Trinajstić information content (AvgIpc) is 3.19. The van der Waals surface area contributed by atoms with E-state index in [2.05, 4.69) is 15.0 Å². The van der Waals surface area contributed by atoms with E-state index in [9.17, 15) is 4.79 Å². The maximum Gasteiger partial charge on any atom is 0.270 e. The van der Waals surface area contributed by atoms with E-state index in [0.29, 0.717) is 35.6 Å². The van der Waals surface area contributed by atoms with Crippen molar-refractivity contribution < 1.29 is 9.32 Å². The minimum Gasteiger partial charge on any atom is -0.345 e. The van der Waals surface area contributed by atoms with Crippen LogP contribution < -0.4 is 0 Å². The Morgan fingerprint density at radius 1 is 1.33 bits per heavy atom. The van der Waals surface area contributed by atoms with Crippen LogP contribution in [0.2, 0.25) is 5.02 Å². The van der Waals surface area contributed by atoms with Crippen LogP contribution in [0.25, 0.3) is 0 Å². The van der Waals surface area contributed by atoms with E-state index in [0.717, 1.165) is 25.2 Å². The molecule has 4 rings (SSSR count). The van der Waals surface area contributed by atoms with Crippen LogP contribution in [0.1, 0.15) is 47.0 Å². The van der Waals surface area contributed by atoms with Gasteiger partial charge in [-0.1, -0.05) is 16.8 Å². The quantitative estimate of drug-likeness (QED) is 0.848. The number of hydrogen-bond acceptors (Lipinski definition) is 5. The summed E-state index contributed by atoms with van der Waals surface area (Å²) in [6, 6.07) is 1.63. The van der Waals surface area contributed by atoms with Crippen LogP contribution in [0.4, 0.5) is 0 Å². The van der Waals surface area contributed by atoms with E-state index < -0.39 is 0 Å². The molecule has 1 amide bonds. The Morgan fingerprint density at radius 3 is 2.79 bits per heavy atom. The number of nitrogens with zero attached hydrogens (tertiary/aromatic N) is 5. The molecule has 0 spiro atoms. The maximum atomic E-state index is 12.8. The molecule has 1 saturated carbocycles. The van der Waals surface area contributed by atoms with Crippen LogP contribution >= 0.6 is 11.6 Å². The van der Waals surface area contributed by atoms with Crippen molar-refractivity contribution in [1.82, 2.24) is 24.5 Å². The molecule has 2 aromatic rings. The Balaban J connectivity index is 1.53. The molecule has 0 radical (unpaired) electrons. The third-order valence-corrected chi connectivity index (χ3v) is 5.02. The molecule has 2 fully saturated rings. The highest BCUT2D eigenvalue weighted by molar-refractivity contribution is 6.31. The summed E-state index contributed by atoms with van der Waals surface area (Å²) < 4.78 is 7.23. The number of likely N-dealkylation sites (N-methyl/N-ethyl adjacent to an activating group) is 1. The number of carbonyl (C=O) groups excluding carboxylic acids is 1. The van der Waals surface area contributed by atoms with Crippen molar-refractivity contribution in [3.63, 3.8) is 0 Å². The van der Waals surface area contributed by atoms with E-state index in [1.54, 1.807) is 16.8 Å². The Hall–Kier alpha value is -1.86. The largest absolute Gasteiger partial charge is 0.345 e. The van der Waals surface area contributed by atoms with Crippen molar-refractivity contribution in [3.05, 3.63) is 34.7 Å². The van der Waals surface area contributed by atoms with E-state index >= 15 is 0 Å². The summed E-state index contributed by atoms with van der Waals surface area (Å²) in [5, 5.41) is 4.66. The summed E-state index contributed by atoms with van der Waals surface area (Å²) in [5.41, 5.74) is 0.590. The van der Waals surface area contributed by atoms with Crippen LogP contribution in [0.3, 0.4) is 0 Å². The first-order valence-electron chi connectivity index (χ1n) is 8.18. The van der Waals surface area contributed by atoms with Crippen molar-refractivity contribution >= 4 is 17.5 Å². The zero-order valence-corrected chi connectivity index (χ0v) is 14.5. The molecule has 128 valence electrons. The van der Waals surface area contributed by atoms with E-state index in [4.69, 9.17) is 16.1 Å². The lowest BCUT2D eigenvalue weighted by Gasteiger charge is -2.37. The molecular formula is C16H20ClN5O2. The molecule has 0 unspecified atom stereocenters. The second-order valence-electron chi connectivity index (χ2n) is 6.67. The predicted octanol–water partition coefficient (Wildman–Crippen LogP) is 2.07. The molecule has 0 N–H and O–H groups in total. The van der Waals surface area contributed by atoms with Crippen LogP contribution in [0, 0.1) is 0 Å². The van der Waals surface area contributed by atoms with Crippen molar-refractivity contribution in [3.8, 4) is 0 Å². The molecule has 1 saturated heterocycles. The summed E-state index contributed by atoms with van der Waals surface area (Å²) in [5.74, 6) is 1.84. The molecular weight excluding hydrogens is 330 g/mol. The third kappa shape index (κ3) is 2.82. The molecule has 1 aliphatic heterocycles. The van der Waals surface area contributed by atoms with Gasteiger partial charge in [0.1, 0.15) is 11.7 Å². The fourth-order valence-corrected chi connectivity index (χ4v) is 3.36. The van der Waals surface area contributed by atoms with Crippen LogP contribution in [0.15, 0.2) is 16.8 Å². The van der Waals surface area contributed by atoms with E-state index in [-0.39, 0.29) is 11.9 Å². The molecule has 2 aliphatic rings. The van der Waals surface area contributed by atoms with E-state index in [1.807, 2.05) is 19.0 Å². The van der Waals surface area contributed by atoms with Gasteiger partial charge in [0.25, 0.3) is 5.91 Å². The van der Waals surface area contributed by atoms with E-state index in [1.165, 1.54) is 0 Å². The van der Waals surface area contributed by atoms with Crippen LogP contribution in [0.5, 0.6) is 0 Å². The normalized spacial score (nSPS) is 22.1. The fraction of sp³-hybridized carbons (Fsp3) is 0.562. The fourth-order valence-electron chi connectivity index (χ4n) is 3.11. The molecule has 0 aromatic carbocycles. The van der Waals surface area contributed by atoms with Gasteiger partial charge in [0.15, 0.2) is 5.82 Å². The number of amides is 1. The molecule has 1 atom stereocenters. The highest BCUT2D eigenvalue weighted by atomic mass is 35.5. The van der Waals surface area contributed by atoms with Gasteiger partial charge in [-0.2, -0.15) is 4.98 Å². The highest BCUT2D eigenvalue weighted by Crippen LogP contribution is 2.38. The molecule has 1 aliphatic carbocycles. The number of carbonyl (C=O) groups is 1. The van der Waals surface area contributed by atoms with Crippen LogP contribution in [-0.2, 0) is 7.05 Å². The Labute approximate surface area is 145 Å². The smallest absolute Gasteiger partial charge is 0.270 e. The summed E-state index contributed by atoms with van der Waals surface area (Å²) in [6.07, 6.45) is 4.01. The molecule has 24 heavy (non-hydrogen) atoms. The van der Waals surface area contributed by atoms with Crippen molar-refractivity contribution in [2.24, 2.45) is 7.05 Å². The van der Waals surface area contributed by atoms with Crippen LogP contribution in [-0.4, -0.2) is 57.1 Å². The van der Waals surface area contributed by atoms with Gasteiger partial charge in [0.05, 0.1) is 5.02 Å². The molecule has 3 heterocycles. The molecule has 7 nitrogen and oxygen atoms in total. The second kappa shape index (κ2) is 5.89. The number of hydrogen-bond donors (Lipinski definition) is 0. The lowest BCUT2D eigenvalue weighted by molar-refractivity contribution is 0.0480. The Kier molecular flexibility index (Phi) is 3.85. The lowest BCUT2D eigenvalue weighted by atomic mass is 10.1. The van der Waals surface area contributed by atoms with Gasteiger partial charge in [-0.3, -0.25) is 9.69 Å². The SMILES string of the molecule is CN1CCN(C(=O)c2cc(Cl)cn2C)C[C@@H]1c1nc(C2CC2)no1. The summed E-state index contributed by atoms with van der Waals surface area (Å²) in [6.45, 7) is 1.96. The maximum absolute atomic E-state index is 12.8. The van der Waals surface area contributed by atoms with Gasteiger partial charge < -0.3 is 14.0 Å².